The molecule has 3 aromatic rings. The van der Waals surface area contributed by atoms with Crippen molar-refractivity contribution in [3.8, 4) is 11.3 Å². The molecule has 3 fully saturated rings. The van der Waals surface area contributed by atoms with Crippen molar-refractivity contribution in [1.29, 1.82) is 0 Å². The summed E-state index contributed by atoms with van der Waals surface area (Å²) in [5.41, 5.74) is 3.25. The standard InChI is InChI=1S/C34H41F2N5O2/c1-23-7-3-4-8-27(23)30-19-32(42)40(22-38-30)20-25-11-15-39(21-34(25)13-5-6-14-34)33(43)41-16-12-26(37-2)18-31(41)24-9-10-28(35)29(36)17-24/h3-4,7-10,17,19,22,25-26,31,37H,5-6,11-16,18,20-21H2,1-2H3/t25-,26+,31-/m0/s1. The van der Waals surface area contributed by atoms with Gasteiger partial charge in [0.05, 0.1) is 18.1 Å². The summed E-state index contributed by atoms with van der Waals surface area (Å²) in [7, 11) is 1.90. The molecule has 228 valence electrons. The third-order valence-corrected chi connectivity index (χ3v) is 10.3. The van der Waals surface area contributed by atoms with Crippen LogP contribution >= 0.6 is 0 Å². The Bertz CT molecular complexity index is 1540. The number of carbonyl (C=O) groups excluding carboxylic acids is 1. The number of piperidine rings is 2. The molecule has 2 amide bonds. The van der Waals surface area contributed by atoms with E-state index in [1.54, 1.807) is 23.0 Å². The molecule has 1 N–H and O–H groups in total. The Kier molecular flexibility index (Phi) is 8.36. The molecular formula is C34H41F2N5O2. The van der Waals surface area contributed by atoms with Crippen molar-refractivity contribution >= 4 is 6.03 Å². The number of hydrogen-bond acceptors (Lipinski definition) is 4. The molecule has 9 heteroatoms. The van der Waals surface area contributed by atoms with E-state index in [1.807, 2.05) is 48.0 Å². The second-order valence-corrected chi connectivity index (χ2v) is 12.7. The first kappa shape index (κ1) is 29.5. The molecule has 1 saturated carbocycles. The van der Waals surface area contributed by atoms with Gasteiger partial charge in [0.25, 0.3) is 5.56 Å². The molecule has 0 bridgehead atoms. The van der Waals surface area contributed by atoms with E-state index in [1.165, 1.54) is 6.07 Å². The fraction of sp³-hybridized carbons (Fsp3) is 0.500. The number of halogens is 2. The number of likely N-dealkylation sites (tertiary alicyclic amines) is 2. The minimum atomic E-state index is -0.890. The molecule has 1 aromatic heterocycles. The smallest absolute Gasteiger partial charge is 0.320 e. The lowest BCUT2D eigenvalue weighted by Crippen LogP contribution is -2.56. The summed E-state index contributed by atoms with van der Waals surface area (Å²) < 4.78 is 29.7. The quantitative estimate of drug-likeness (QED) is 0.401. The summed E-state index contributed by atoms with van der Waals surface area (Å²) in [6.07, 6.45) is 8.22. The van der Waals surface area contributed by atoms with Crippen LogP contribution in [0.1, 0.15) is 62.1 Å². The number of amides is 2. The van der Waals surface area contributed by atoms with Crippen molar-refractivity contribution < 1.29 is 13.6 Å². The molecule has 6 rings (SSSR count). The predicted octanol–water partition coefficient (Wildman–Crippen LogP) is 5.92. The van der Waals surface area contributed by atoms with Gasteiger partial charge in [0.15, 0.2) is 11.6 Å². The zero-order chi connectivity index (χ0) is 30.1. The van der Waals surface area contributed by atoms with Gasteiger partial charge in [0, 0.05) is 43.9 Å². The highest BCUT2D eigenvalue weighted by Gasteiger charge is 2.47. The Balaban J connectivity index is 1.21. The number of hydrogen-bond donors (Lipinski definition) is 1. The second kappa shape index (κ2) is 12.2. The van der Waals surface area contributed by atoms with Gasteiger partial charge in [0.1, 0.15) is 0 Å². The molecule has 3 atom stereocenters. The molecule has 7 nitrogen and oxygen atoms in total. The number of aryl methyl sites for hydroxylation is 1. The summed E-state index contributed by atoms with van der Waals surface area (Å²) in [5.74, 6) is -1.51. The normalized spacial score (nSPS) is 23.6. The molecule has 2 aromatic carbocycles. The zero-order valence-electron chi connectivity index (χ0n) is 25.1. The Morgan fingerprint density at radius 2 is 1.84 bits per heavy atom. The molecule has 3 aliphatic rings. The SMILES string of the molecule is CN[C@@H]1CCN(C(=O)N2CC[C@@H](Cn3cnc(-c4ccccc4C)cc3=O)C3(CCCC3)C2)[C@H](c2ccc(F)c(F)c2)C1. The van der Waals surface area contributed by atoms with Crippen molar-refractivity contribution in [2.24, 2.45) is 11.3 Å². The monoisotopic (exact) mass is 589 g/mol. The highest BCUT2D eigenvalue weighted by atomic mass is 19.2. The van der Waals surface area contributed by atoms with Crippen LogP contribution in [-0.2, 0) is 6.54 Å². The average molecular weight is 590 g/mol. The Labute approximate surface area is 251 Å². The number of aromatic nitrogens is 2. The van der Waals surface area contributed by atoms with E-state index in [0.29, 0.717) is 43.9 Å². The van der Waals surface area contributed by atoms with Crippen molar-refractivity contribution in [1.82, 2.24) is 24.7 Å². The van der Waals surface area contributed by atoms with E-state index < -0.39 is 11.6 Å². The number of nitrogens with one attached hydrogen (secondary N) is 1. The van der Waals surface area contributed by atoms with E-state index >= 15 is 0 Å². The highest BCUT2D eigenvalue weighted by Crippen LogP contribution is 2.49. The van der Waals surface area contributed by atoms with Gasteiger partial charge in [-0.25, -0.2) is 18.6 Å². The van der Waals surface area contributed by atoms with Gasteiger partial charge in [-0.05, 0) is 80.7 Å². The van der Waals surface area contributed by atoms with E-state index in [4.69, 9.17) is 0 Å². The summed E-state index contributed by atoms with van der Waals surface area (Å²) in [6, 6.07) is 13.4. The van der Waals surface area contributed by atoms with E-state index in [-0.39, 0.29) is 35.0 Å². The number of benzene rings is 2. The second-order valence-electron chi connectivity index (χ2n) is 12.7. The fourth-order valence-corrected chi connectivity index (χ4v) is 7.78. The topological polar surface area (TPSA) is 70.5 Å². The largest absolute Gasteiger partial charge is 0.324 e. The maximum absolute atomic E-state index is 14.2. The van der Waals surface area contributed by atoms with E-state index in [9.17, 15) is 18.4 Å². The Morgan fingerprint density at radius 3 is 2.56 bits per heavy atom. The van der Waals surface area contributed by atoms with Crippen LogP contribution in [0.5, 0.6) is 0 Å². The minimum absolute atomic E-state index is 0.0320. The molecule has 0 radical (unpaired) electrons. The highest BCUT2D eigenvalue weighted by molar-refractivity contribution is 5.75. The molecule has 1 spiro atoms. The van der Waals surface area contributed by atoms with Gasteiger partial charge in [-0.2, -0.15) is 0 Å². The number of carbonyl (C=O) groups is 1. The Hall–Kier alpha value is -3.59. The first-order valence-electron chi connectivity index (χ1n) is 15.6. The molecule has 1 aliphatic carbocycles. The van der Waals surface area contributed by atoms with Gasteiger partial charge < -0.3 is 15.1 Å². The summed E-state index contributed by atoms with van der Waals surface area (Å²) in [5, 5.41) is 3.30. The number of rotatable bonds is 5. The maximum Gasteiger partial charge on any atom is 0.320 e. The van der Waals surface area contributed by atoms with Crippen molar-refractivity contribution in [2.75, 3.05) is 26.7 Å². The van der Waals surface area contributed by atoms with Crippen LogP contribution in [0.25, 0.3) is 11.3 Å². The van der Waals surface area contributed by atoms with Crippen LogP contribution in [0.3, 0.4) is 0 Å². The minimum Gasteiger partial charge on any atom is -0.324 e. The Morgan fingerprint density at radius 1 is 1.05 bits per heavy atom. The van der Waals surface area contributed by atoms with Crippen LogP contribution in [0, 0.1) is 29.9 Å². The molecule has 43 heavy (non-hydrogen) atoms. The maximum atomic E-state index is 14.2. The fourth-order valence-electron chi connectivity index (χ4n) is 7.78. The van der Waals surface area contributed by atoms with Gasteiger partial charge in [-0.1, -0.05) is 43.2 Å². The lowest BCUT2D eigenvalue weighted by atomic mass is 9.69. The first-order chi connectivity index (χ1) is 20.8. The number of nitrogens with zero attached hydrogens (tertiary/aromatic N) is 4. The van der Waals surface area contributed by atoms with Gasteiger partial charge in [-0.3, -0.25) is 9.36 Å². The van der Waals surface area contributed by atoms with Crippen LogP contribution in [-0.4, -0.2) is 58.1 Å². The third kappa shape index (κ3) is 5.84. The van der Waals surface area contributed by atoms with Crippen molar-refractivity contribution in [2.45, 2.75) is 70.5 Å². The lowest BCUT2D eigenvalue weighted by molar-refractivity contribution is 0.0208. The van der Waals surface area contributed by atoms with Crippen LogP contribution in [0.15, 0.2) is 59.7 Å². The third-order valence-electron chi connectivity index (χ3n) is 10.3. The summed E-state index contributed by atoms with van der Waals surface area (Å²) >= 11 is 0. The molecule has 2 aliphatic heterocycles. The van der Waals surface area contributed by atoms with Gasteiger partial charge >= 0.3 is 6.03 Å². The summed E-state index contributed by atoms with van der Waals surface area (Å²) in [6.45, 7) is 4.41. The van der Waals surface area contributed by atoms with Crippen LogP contribution in [0.2, 0.25) is 0 Å². The van der Waals surface area contributed by atoms with Crippen LogP contribution < -0.4 is 10.9 Å². The van der Waals surface area contributed by atoms with Crippen molar-refractivity contribution in [3.63, 3.8) is 0 Å². The van der Waals surface area contributed by atoms with Crippen molar-refractivity contribution in [3.05, 3.63) is 88.0 Å². The van der Waals surface area contributed by atoms with Gasteiger partial charge in [0.2, 0.25) is 0 Å². The molecule has 3 heterocycles. The van der Waals surface area contributed by atoms with Gasteiger partial charge in [-0.15, -0.1) is 0 Å². The molecule has 2 saturated heterocycles. The average Bonchev–Trinajstić information content (AvgIpc) is 3.48. The molecular weight excluding hydrogens is 548 g/mol. The molecule has 0 unspecified atom stereocenters. The first-order valence-corrected chi connectivity index (χ1v) is 15.6. The number of urea groups is 1. The van der Waals surface area contributed by atoms with E-state index in [0.717, 1.165) is 55.7 Å². The van der Waals surface area contributed by atoms with Crippen LogP contribution in [0.4, 0.5) is 13.6 Å². The summed E-state index contributed by atoms with van der Waals surface area (Å²) in [4.78, 5) is 35.9. The zero-order valence-corrected chi connectivity index (χ0v) is 25.1. The lowest BCUT2D eigenvalue weighted by Gasteiger charge is -2.49. The predicted molar refractivity (Wildman–Crippen MR) is 163 cm³/mol. The van der Waals surface area contributed by atoms with E-state index in [2.05, 4.69) is 10.3 Å².